The molecule has 0 aliphatic carbocycles. The summed E-state index contributed by atoms with van der Waals surface area (Å²) in [5.74, 6) is 0.315. The van der Waals surface area contributed by atoms with Gasteiger partial charge in [-0.05, 0) is 30.5 Å². The highest BCUT2D eigenvalue weighted by molar-refractivity contribution is 5.78. The van der Waals surface area contributed by atoms with E-state index in [1.165, 1.54) is 11.1 Å². The molecule has 3 heteroatoms. The smallest absolute Gasteiger partial charge is 0.222 e. The number of rotatable bonds is 2. The van der Waals surface area contributed by atoms with Gasteiger partial charge in [-0.25, -0.2) is 0 Å². The number of nitrogens with one attached hydrogen (secondary N) is 1. The summed E-state index contributed by atoms with van der Waals surface area (Å²) in [6.07, 6.45) is 2.85. The third-order valence-corrected chi connectivity index (χ3v) is 3.79. The van der Waals surface area contributed by atoms with Gasteiger partial charge in [0.25, 0.3) is 0 Å². The van der Waals surface area contributed by atoms with Gasteiger partial charge in [0.1, 0.15) is 0 Å². The molecule has 1 fully saturated rings. The molecule has 2 aliphatic rings. The molecule has 1 unspecified atom stereocenters. The number of nitrogens with zero attached hydrogens (tertiary/aromatic N) is 1. The van der Waals surface area contributed by atoms with E-state index in [1.807, 2.05) is 4.90 Å². The van der Waals surface area contributed by atoms with Crippen LogP contribution in [0.1, 0.15) is 30.0 Å². The molecule has 1 atom stereocenters. The third kappa shape index (κ3) is 2.07. The van der Waals surface area contributed by atoms with E-state index in [-0.39, 0.29) is 0 Å². The monoisotopic (exact) mass is 230 g/mol. The molecule has 0 bridgehead atoms. The first-order chi connectivity index (χ1) is 8.34. The lowest BCUT2D eigenvalue weighted by Gasteiger charge is -2.30. The van der Waals surface area contributed by atoms with Gasteiger partial charge < -0.3 is 10.2 Å². The van der Waals surface area contributed by atoms with Crippen LogP contribution >= 0.6 is 0 Å². The number of hydrogen-bond acceptors (Lipinski definition) is 2. The molecule has 90 valence electrons. The van der Waals surface area contributed by atoms with E-state index in [4.69, 9.17) is 0 Å². The molecule has 0 radical (unpaired) electrons. The minimum atomic E-state index is 0.315. The number of fused-ring (bicyclic) bond motifs is 1. The van der Waals surface area contributed by atoms with Crippen molar-refractivity contribution in [1.29, 1.82) is 0 Å². The Morgan fingerprint density at radius 1 is 1.29 bits per heavy atom. The van der Waals surface area contributed by atoms with Crippen molar-refractivity contribution in [3.8, 4) is 0 Å². The van der Waals surface area contributed by atoms with Crippen LogP contribution in [0.3, 0.4) is 0 Å². The lowest BCUT2D eigenvalue weighted by atomic mass is 9.94. The molecule has 3 rings (SSSR count). The summed E-state index contributed by atoms with van der Waals surface area (Å²) in [6, 6.07) is 8.90. The van der Waals surface area contributed by atoms with Crippen molar-refractivity contribution in [2.45, 2.75) is 25.3 Å². The van der Waals surface area contributed by atoms with E-state index < -0.39 is 0 Å². The molecule has 0 spiro atoms. The first-order valence-electron chi connectivity index (χ1n) is 6.43. The van der Waals surface area contributed by atoms with Crippen molar-refractivity contribution < 1.29 is 4.79 Å². The zero-order valence-corrected chi connectivity index (χ0v) is 9.98. The Kier molecular flexibility index (Phi) is 2.85. The van der Waals surface area contributed by atoms with Gasteiger partial charge in [0.05, 0.1) is 6.04 Å². The number of amides is 1. The van der Waals surface area contributed by atoms with Crippen LogP contribution in [0.4, 0.5) is 0 Å². The van der Waals surface area contributed by atoms with Crippen LogP contribution in [-0.4, -0.2) is 30.4 Å². The molecule has 17 heavy (non-hydrogen) atoms. The second-order valence-electron chi connectivity index (χ2n) is 4.90. The maximum atomic E-state index is 11.7. The Morgan fingerprint density at radius 2 is 2.18 bits per heavy atom. The highest BCUT2D eigenvalue weighted by Crippen LogP contribution is 2.24. The Bertz CT molecular complexity index is 430. The molecule has 0 aromatic heterocycles. The van der Waals surface area contributed by atoms with E-state index in [2.05, 4.69) is 29.6 Å². The van der Waals surface area contributed by atoms with E-state index in [0.717, 1.165) is 38.9 Å². The Labute approximate surface area is 102 Å². The first-order valence-corrected chi connectivity index (χ1v) is 6.43. The minimum absolute atomic E-state index is 0.315. The zero-order valence-electron chi connectivity index (χ0n) is 9.98. The van der Waals surface area contributed by atoms with Gasteiger partial charge >= 0.3 is 0 Å². The molecular weight excluding hydrogens is 212 g/mol. The summed E-state index contributed by atoms with van der Waals surface area (Å²) >= 11 is 0. The topological polar surface area (TPSA) is 32.3 Å². The van der Waals surface area contributed by atoms with Crippen LogP contribution in [0.15, 0.2) is 24.3 Å². The molecule has 1 amide bonds. The number of benzene rings is 1. The largest absolute Gasteiger partial charge is 0.341 e. The SMILES string of the molecule is O=C1CCCN1CC1NCCc2ccccc21. The Balaban J connectivity index is 1.78. The molecule has 1 N–H and O–H groups in total. The zero-order chi connectivity index (χ0) is 11.7. The minimum Gasteiger partial charge on any atom is -0.341 e. The standard InChI is InChI=1S/C14H18N2O/c17-14-6-3-9-16(14)10-13-12-5-2-1-4-11(12)7-8-15-13/h1-2,4-5,13,15H,3,6-10H2. The summed E-state index contributed by atoms with van der Waals surface area (Å²) in [7, 11) is 0. The van der Waals surface area contributed by atoms with Crippen LogP contribution in [-0.2, 0) is 11.2 Å². The number of hydrogen-bond donors (Lipinski definition) is 1. The van der Waals surface area contributed by atoms with Gasteiger partial charge in [-0.15, -0.1) is 0 Å². The predicted octanol–water partition coefficient (Wildman–Crippen LogP) is 1.50. The van der Waals surface area contributed by atoms with Gasteiger partial charge in [-0.1, -0.05) is 24.3 Å². The van der Waals surface area contributed by atoms with Crippen molar-refractivity contribution in [2.75, 3.05) is 19.6 Å². The van der Waals surface area contributed by atoms with Gasteiger partial charge in [-0.2, -0.15) is 0 Å². The maximum Gasteiger partial charge on any atom is 0.222 e. The summed E-state index contributed by atoms with van der Waals surface area (Å²) in [5.41, 5.74) is 2.81. The highest BCUT2D eigenvalue weighted by Gasteiger charge is 2.26. The fourth-order valence-electron chi connectivity index (χ4n) is 2.87. The molecule has 0 saturated carbocycles. The van der Waals surface area contributed by atoms with Crippen molar-refractivity contribution >= 4 is 5.91 Å². The fourth-order valence-corrected chi connectivity index (χ4v) is 2.87. The molecule has 3 nitrogen and oxygen atoms in total. The summed E-state index contributed by atoms with van der Waals surface area (Å²) < 4.78 is 0. The van der Waals surface area contributed by atoms with E-state index >= 15 is 0 Å². The summed E-state index contributed by atoms with van der Waals surface area (Å²) in [5, 5.41) is 3.53. The van der Waals surface area contributed by atoms with Crippen molar-refractivity contribution in [1.82, 2.24) is 10.2 Å². The summed E-state index contributed by atoms with van der Waals surface area (Å²) in [6.45, 7) is 2.78. The van der Waals surface area contributed by atoms with Crippen LogP contribution in [0.2, 0.25) is 0 Å². The van der Waals surface area contributed by atoms with E-state index in [9.17, 15) is 4.79 Å². The Hall–Kier alpha value is -1.35. The Morgan fingerprint density at radius 3 is 3.00 bits per heavy atom. The predicted molar refractivity (Wildman–Crippen MR) is 66.7 cm³/mol. The van der Waals surface area contributed by atoms with Gasteiger partial charge in [0, 0.05) is 19.5 Å². The van der Waals surface area contributed by atoms with Crippen molar-refractivity contribution in [3.63, 3.8) is 0 Å². The number of likely N-dealkylation sites (tertiary alicyclic amines) is 1. The average molecular weight is 230 g/mol. The molecule has 2 aliphatic heterocycles. The first kappa shape index (κ1) is 10.8. The van der Waals surface area contributed by atoms with Gasteiger partial charge in [0.2, 0.25) is 5.91 Å². The lowest BCUT2D eigenvalue weighted by molar-refractivity contribution is -0.128. The second-order valence-corrected chi connectivity index (χ2v) is 4.90. The number of carbonyl (C=O) groups excluding carboxylic acids is 1. The quantitative estimate of drug-likeness (QED) is 0.835. The average Bonchev–Trinajstić information content (AvgIpc) is 2.76. The maximum absolute atomic E-state index is 11.7. The number of carbonyl (C=O) groups is 1. The summed E-state index contributed by atoms with van der Waals surface area (Å²) in [4.78, 5) is 13.7. The second kappa shape index (κ2) is 4.49. The van der Waals surface area contributed by atoms with Gasteiger partial charge in [0.15, 0.2) is 0 Å². The van der Waals surface area contributed by atoms with Crippen LogP contribution in [0.25, 0.3) is 0 Å². The van der Waals surface area contributed by atoms with Crippen LogP contribution in [0, 0.1) is 0 Å². The molecule has 1 aromatic rings. The molecule has 1 saturated heterocycles. The van der Waals surface area contributed by atoms with Gasteiger partial charge in [-0.3, -0.25) is 4.79 Å². The third-order valence-electron chi connectivity index (χ3n) is 3.79. The highest BCUT2D eigenvalue weighted by atomic mass is 16.2. The molecular formula is C14H18N2O. The molecule has 2 heterocycles. The lowest BCUT2D eigenvalue weighted by Crippen LogP contribution is -2.39. The van der Waals surface area contributed by atoms with Crippen LogP contribution in [0.5, 0.6) is 0 Å². The normalized spacial score (nSPS) is 23.9. The van der Waals surface area contributed by atoms with E-state index in [1.54, 1.807) is 0 Å². The van der Waals surface area contributed by atoms with Crippen molar-refractivity contribution in [3.05, 3.63) is 35.4 Å². The van der Waals surface area contributed by atoms with Crippen LogP contribution < -0.4 is 5.32 Å². The molecule has 1 aromatic carbocycles. The van der Waals surface area contributed by atoms with Crippen molar-refractivity contribution in [2.24, 2.45) is 0 Å². The van der Waals surface area contributed by atoms with E-state index in [0.29, 0.717) is 11.9 Å². The fraction of sp³-hybridized carbons (Fsp3) is 0.500.